The first-order valence-electron chi connectivity index (χ1n) is 11.0. The molecule has 2 N–H and O–H groups in total. The quantitative estimate of drug-likeness (QED) is 0.298. The lowest BCUT2D eigenvalue weighted by atomic mass is 10.1. The molecule has 0 heterocycles. The van der Waals surface area contributed by atoms with Crippen molar-refractivity contribution in [2.24, 2.45) is 0 Å². The average Bonchev–Trinajstić information content (AvgIpc) is 2.84. The van der Waals surface area contributed by atoms with Crippen LogP contribution in [0.4, 0.5) is 5.69 Å². The van der Waals surface area contributed by atoms with E-state index in [2.05, 4.69) is 10.0 Å². The Morgan fingerprint density at radius 3 is 2.49 bits per heavy atom. The molecular formula is C27H25ClN2O4S. The highest BCUT2D eigenvalue weighted by Crippen LogP contribution is 2.27. The fraction of sp³-hybridized carbons (Fsp3) is 0.148. The third-order valence-electron chi connectivity index (χ3n) is 5.50. The number of amides is 1. The van der Waals surface area contributed by atoms with Crippen LogP contribution in [0.5, 0.6) is 5.75 Å². The van der Waals surface area contributed by atoms with Gasteiger partial charge in [-0.1, -0.05) is 54.1 Å². The first kappa shape index (κ1) is 24.6. The Morgan fingerprint density at radius 2 is 1.69 bits per heavy atom. The fourth-order valence-corrected chi connectivity index (χ4v) is 5.24. The Balaban J connectivity index is 1.40. The third kappa shape index (κ3) is 5.93. The van der Waals surface area contributed by atoms with E-state index in [-0.39, 0.29) is 28.6 Å². The molecule has 0 aliphatic heterocycles. The lowest BCUT2D eigenvalue weighted by Crippen LogP contribution is -2.28. The van der Waals surface area contributed by atoms with Crippen molar-refractivity contribution in [3.05, 3.63) is 101 Å². The van der Waals surface area contributed by atoms with Crippen LogP contribution in [0.25, 0.3) is 10.8 Å². The maximum atomic E-state index is 13.0. The van der Waals surface area contributed by atoms with Gasteiger partial charge >= 0.3 is 0 Å². The molecule has 180 valence electrons. The van der Waals surface area contributed by atoms with E-state index in [4.69, 9.17) is 16.3 Å². The van der Waals surface area contributed by atoms with E-state index in [0.29, 0.717) is 11.4 Å². The molecule has 0 unspecified atom stereocenters. The Bertz CT molecular complexity index is 1500. The molecule has 4 rings (SSSR count). The number of hydrogen-bond acceptors (Lipinski definition) is 4. The third-order valence-corrected chi connectivity index (χ3v) is 7.34. The molecule has 35 heavy (non-hydrogen) atoms. The standard InChI is InChI=1S/C27H25ClN2O4S/c1-18-7-8-19(2)25(15-18)30-35(32,33)26-17-22(10-12-24(26)28)27(31)29-13-14-34-23-11-9-20-5-3-4-6-21(20)16-23/h3-12,15-17,30H,13-14H2,1-2H3,(H,29,31). The molecule has 8 heteroatoms. The van der Waals surface area contributed by atoms with Crippen LogP contribution < -0.4 is 14.8 Å². The van der Waals surface area contributed by atoms with E-state index in [9.17, 15) is 13.2 Å². The van der Waals surface area contributed by atoms with Crippen LogP contribution in [0.3, 0.4) is 0 Å². The van der Waals surface area contributed by atoms with Crippen LogP contribution >= 0.6 is 11.6 Å². The van der Waals surface area contributed by atoms with Crippen molar-refractivity contribution in [1.29, 1.82) is 0 Å². The van der Waals surface area contributed by atoms with E-state index in [0.717, 1.165) is 21.9 Å². The number of benzene rings is 4. The number of halogens is 1. The highest BCUT2D eigenvalue weighted by molar-refractivity contribution is 7.92. The highest BCUT2D eigenvalue weighted by atomic mass is 35.5. The number of carbonyl (C=O) groups excluding carboxylic acids is 1. The Hall–Kier alpha value is -3.55. The van der Waals surface area contributed by atoms with Gasteiger partial charge in [0.1, 0.15) is 17.3 Å². The summed E-state index contributed by atoms with van der Waals surface area (Å²) in [5.41, 5.74) is 2.33. The smallest absolute Gasteiger partial charge is 0.263 e. The van der Waals surface area contributed by atoms with Crippen LogP contribution in [0.2, 0.25) is 5.02 Å². The van der Waals surface area contributed by atoms with E-state index in [1.165, 1.54) is 18.2 Å². The number of anilines is 1. The topological polar surface area (TPSA) is 84.5 Å². The van der Waals surface area contributed by atoms with Gasteiger partial charge in [-0.05, 0) is 72.1 Å². The molecule has 1 amide bonds. The SMILES string of the molecule is Cc1ccc(C)c(NS(=O)(=O)c2cc(C(=O)NCCOc3ccc4ccccc4c3)ccc2Cl)c1. The highest BCUT2D eigenvalue weighted by Gasteiger charge is 2.21. The lowest BCUT2D eigenvalue weighted by molar-refractivity contribution is 0.0947. The van der Waals surface area contributed by atoms with Crippen molar-refractivity contribution in [3.8, 4) is 5.75 Å². The summed E-state index contributed by atoms with van der Waals surface area (Å²) in [5.74, 6) is 0.280. The molecule has 0 atom stereocenters. The van der Waals surface area contributed by atoms with Crippen LogP contribution in [0, 0.1) is 13.8 Å². The molecule has 0 bridgehead atoms. The molecule has 0 spiro atoms. The minimum Gasteiger partial charge on any atom is -0.492 e. The second-order valence-electron chi connectivity index (χ2n) is 8.18. The number of rotatable bonds is 8. The zero-order valence-electron chi connectivity index (χ0n) is 19.3. The van der Waals surface area contributed by atoms with Crippen molar-refractivity contribution < 1.29 is 17.9 Å². The summed E-state index contributed by atoms with van der Waals surface area (Å²) in [4.78, 5) is 12.5. The molecule has 0 fully saturated rings. The second kappa shape index (κ2) is 10.4. The summed E-state index contributed by atoms with van der Waals surface area (Å²) in [7, 11) is -4.01. The van der Waals surface area contributed by atoms with Crippen LogP contribution in [-0.4, -0.2) is 27.5 Å². The van der Waals surface area contributed by atoms with Crippen LogP contribution in [0.15, 0.2) is 83.8 Å². The van der Waals surface area contributed by atoms with E-state index < -0.39 is 15.9 Å². The van der Waals surface area contributed by atoms with Gasteiger partial charge in [0.2, 0.25) is 0 Å². The summed E-state index contributed by atoms with van der Waals surface area (Å²) in [6.45, 7) is 4.19. The largest absolute Gasteiger partial charge is 0.492 e. The van der Waals surface area contributed by atoms with Gasteiger partial charge in [0.15, 0.2) is 0 Å². The van der Waals surface area contributed by atoms with E-state index in [1.807, 2.05) is 68.4 Å². The number of sulfonamides is 1. The van der Waals surface area contributed by atoms with Crippen LogP contribution in [-0.2, 0) is 10.0 Å². The molecule has 0 saturated heterocycles. The summed E-state index contributed by atoms with van der Waals surface area (Å²) in [6.07, 6.45) is 0. The zero-order chi connectivity index (χ0) is 25.0. The number of fused-ring (bicyclic) bond motifs is 1. The first-order valence-corrected chi connectivity index (χ1v) is 12.9. The van der Waals surface area contributed by atoms with Gasteiger partial charge in [-0.25, -0.2) is 8.42 Å². The zero-order valence-corrected chi connectivity index (χ0v) is 20.9. The van der Waals surface area contributed by atoms with Gasteiger partial charge in [-0.3, -0.25) is 9.52 Å². The molecule has 0 aromatic heterocycles. The van der Waals surface area contributed by atoms with Gasteiger partial charge < -0.3 is 10.1 Å². The maximum Gasteiger partial charge on any atom is 0.263 e. The predicted octanol–water partition coefficient (Wildman–Crippen LogP) is 5.72. The number of aryl methyl sites for hydroxylation is 2. The van der Waals surface area contributed by atoms with Crippen molar-refractivity contribution in [1.82, 2.24) is 5.32 Å². The van der Waals surface area contributed by atoms with E-state index in [1.54, 1.807) is 6.07 Å². The molecule has 0 aliphatic rings. The minimum absolute atomic E-state index is 0.0268. The Kier molecular flexibility index (Phi) is 7.28. The van der Waals surface area contributed by atoms with Gasteiger partial charge in [0, 0.05) is 5.56 Å². The van der Waals surface area contributed by atoms with Gasteiger partial charge in [0.25, 0.3) is 15.9 Å². The molecule has 6 nitrogen and oxygen atoms in total. The number of carbonyl (C=O) groups is 1. The van der Waals surface area contributed by atoms with Crippen LogP contribution in [0.1, 0.15) is 21.5 Å². The second-order valence-corrected chi connectivity index (χ2v) is 10.2. The molecular weight excluding hydrogens is 484 g/mol. The fourth-order valence-electron chi connectivity index (χ4n) is 3.59. The summed E-state index contributed by atoms with van der Waals surface area (Å²) >= 11 is 6.19. The lowest BCUT2D eigenvalue weighted by Gasteiger charge is -2.13. The van der Waals surface area contributed by atoms with Gasteiger partial charge in [-0.15, -0.1) is 0 Å². The number of hydrogen-bond donors (Lipinski definition) is 2. The normalized spacial score (nSPS) is 11.3. The average molecular weight is 509 g/mol. The summed E-state index contributed by atoms with van der Waals surface area (Å²) in [5, 5.41) is 4.96. The summed E-state index contributed by atoms with van der Waals surface area (Å²) < 4.78 is 34.4. The van der Waals surface area contributed by atoms with Gasteiger partial charge in [-0.2, -0.15) is 0 Å². The molecule has 4 aromatic rings. The molecule has 4 aromatic carbocycles. The monoisotopic (exact) mass is 508 g/mol. The van der Waals surface area contributed by atoms with E-state index >= 15 is 0 Å². The van der Waals surface area contributed by atoms with Crippen molar-refractivity contribution in [2.75, 3.05) is 17.9 Å². The molecule has 0 radical (unpaired) electrons. The Morgan fingerprint density at radius 1 is 0.914 bits per heavy atom. The molecule has 0 saturated carbocycles. The number of nitrogens with one attached hydrogen (secondary N) is 2. The Labute approximate surface area is 209 Å². The number of ether oxygens (including phenoxy) is 1. The first-order chi connectivity index (χ1) is 16.7. The van der Waals surface area contributed by atoms with Crippen molar-refractivity contribution in [3.63, 3.8) is 0 Å². The van der Waals surface area contributed by atoms with Gasteiger partial charge in [0.05, 0.1) is 17.3 Å². The summed E-state index contributed by atoms with van der Waals surface area (Å²) in [6, 6.07) is 23.4. The predicted molar refractivity (Wildman–Crippen MR) is 140 cm³/mol. The molecule has 0 aliphatic carbocycles. The van der Waals surface area contributed by atoms with Crippen molar-refractivity contribution >= 4 is 44.0 Å². The minimum atomic E-state index is -4.01. The van der Waals surface area contributed by atoms with Crippen molar-refractivity contribution in [2.45, 2.75) is 18.7 Å². The maximum absolute atomic E-state index is 13.0.